The van der Waals surface area contributed by atoms with E-state index in [-0.39, 0.29) is 11.7 Å². The minimum absolute atomic E-state index is 0.241. The van der Waals surface area contributed by atoms with Gasteiger partial charge in [-0.1, -0.05) is 27.7 Å². The Hall–Kier alpha value is -0.650. The normalized spacial score (nSPS) is 52.9. The Labute approximate surface area is 226 Å². The summed E-state index contributed by atoms with van der Waals surface area (Å²) in [5.41, 5.74) is 0.852. The van der Waals surface area contributed by atoms with E-state index in [0.717, 1.165) is 49.7 Å². The fourth-order valence-corrected chi connectivity index (χ4v) is 11.0. The van der Waals surface area contributed by atoms with Crippen LogP contribution < -0.4 is 5.32 Å². The molecule has 2 heterocycles. The first-order chi connectivity index (χ1) is 17.6. The molecule has 2 aliphatic heterocycles. The van der Waals surface area contributed by atoms with Gasteiger partial charge in [0.2, 0.25) is 5.91 Å². The highest BCUT2D eigenvalue weighted by Crippen LogP contribution is 2.71. The Morgan fingerprint density at radius 3 is 2.46 bits per heavy atom. The molecule has 1 spiro atoms. The largest absolute Gasteiger partial charge is 0.353 e. The zero-order valence-corrected chi connectivity index (χ0v) is 24.6. The first-order valence-corrected chi connectivity index (χ1v) is 15.8. The van der Waals surface area contributed by atoms with Crippen LogP contribution in [-0.4, -0.2) is 56.0 Å². The molecule has 0 bridgehead atoms. The quantitative estimate of drug-likeness (QED) is 0.510. The molecule has 0 aromatic heterocycles. The number of hydrogen-bond acceptors (Lipinski definition) is 4. The second-order valence-electron chi connectivity index (χ2n) is 15.3. The molecule has 4 aliphatic carbocycles. The standard InChI is InChI=1S/C32H54N2O3/c1-20-9-15-32(36-19-20)21(2)29-27(37-32)18-26-24-8-7-22-17-23(33-28(35)12-16-34(5)6)10-13-30(22,3)25(24)11-14-31(26,29)4/h20-27,29H,7-19H2,1-6H3,(H,33,35)/t20-,21+,22-,23+,24-,25+,26+,27+,29+,30+,31+,32-/m1/s1. The van der Waals surface area contributed by atoms with Crippen molar-refractivity contribution in [1.82, 2.24) is 10.2 Å². The van der Waals surface area contributed by atoms with Crippen LogP contribution in [0.5, 0.6) is 0 Å². The molecular weight excluding hydrogens is 460 g/mol. The maximum atomic E-state index is 12.5. The van der Waals surface area contributed by atoms with Crippen LogP contribution in [-0.2, 0) is 14.3 Å². The van der Waals surface area contributed by atoms with Crippen molar-refractivity contribution in [2.75, 3.05) is 27.2 Å². The fourth-order valence-electron chi connectivity index (χ4n) is 11.0. The number of carbonyl (C=O) groups excluding carboxylic acids is 1. The van der Waals surface area contributed by atoms with Gasteiger partial charge in [-0.3, -0.25) is 4.79 Å². The molecule has 4 saturated carbocycles. The lowest BCUT2D eigenvalue weighted by Gasteiger charge is -2.61. The summed E-state index contributed by atoms with van der Waals surface area (Å²) >= 11 is 0. The van der Waals surface area contributed by atoms with Crippen LogP contribution in [0.4, 0.5) is 0 Å². The molecule has 6 rings (SSSR count). The Balaban J connectivity index is 1.13. The third kappa shape index (κ3) is 4.24. The summed E-state index contributed by atoms with van der Waals surface area (Å²) in [6.07, 6.45) is 13.7. The average Bonchev–Trinajstić information content (AvgIpc) is 3.30. The van der Waals surface area contributed by atoms with E-state index in [1.807, 2.05) is 14.1 Å². The third-order valence-corrected chi connectivity index (χ3v) is 13.1. The van der Waals surface area contributed by atoms with E-state index in [1.165, 1.54) is 51.4 Å². The van der Waals surface area contributed by atoms with Gasteiger partial charge in [0.1, 0.15) is 0 Å². The number of nitrogens with zero attached hydrogens (tertiary/aromatic N) is 1. The lowest BCUT2D eigenvalue weighted by molar-refractivity contribution is -0.273. The van der Waals surface area contributed by atoms with Gasteiger partial charge in [0.25, 0.3) is 0 Å². The number of hydrogen-bond donors (Lipinski definition) is 1. The number of fused-ring (bicyclic) bond motifs is 7. The maximum absolute atomic E-state index is 12.5. The Bertz CT molecular complexity index is 868. The summed E-state index contributed by atoms with van der Waals surface area (Å²) in [4.78, 5) is 14.6. The molecule has 6 fully saturated rings. The number of rotatable bonds is 4. The van der Waals surface area contributed by atoms with Crippen molar-refractivity contribution in [3.8, 4) is 0 Å². The maximum Gasteiger partial charge on any atom is 0.221 e. The highest BCUT2D eigenvalue weighted by molar-refractivity contribution is 5.76. The van der Waals surface area contributed by atoms with Gasteiger partial charge >= 0.3 is 0 Å². The molecule has 0 aromatic carbocycles. The van der Waals surface area contributed by atoms with E-state index in [1.54, 1.807) is 0 Å². The Morgan fingerprint density at radius 1 is 0.946 bits per heavy atom. The minimum Gasteiger partial charge on any atom is -0.353 e. The van der Waals surface area contributed by atoms with E-state index in [9.17, 15) is 4.79 Å². The van der Waals surface area contributed by atoms with Crippen molar-refractivity contribution in [2.45, 2.75) is 116 Å². The zero-order chi connectivity index (χ0) is 26.2. The van der Waals surface area contributed by atoms with E-state index in [0.29, 0.717) is 47.2 Å². The highest BCUT2D eigenvalue weighted by atomic mass is 16.7. The number of amides is 1. The van der Waals surface area contributed by atoms with Crippen molar-refractivity contribution in [1.29, 1.82) is 0 Å². The van der Waals surface area contributed by atoms with Crippen molar-refractivity contribution in [3.63, 3.8) is 0 Å². The second kappa shape index (κ2) is 9.47. The molecule has 37 heavy (non-hydrogen) atoms. The SMILES string of the molecule is C[C@@H]1CC[C@@]2(OC1)O[C@H]1C[C@H]3[C@@H]4CC[C@@H]5C[C@@H](NC(=O)CCN(C)C)CC[C@]5(C)[C@H]4CC[C@]3(C)[C@H]1[C@@H]2C. The lowest BCUT2D eigenvalue weighted by atomic mass is 9.44. The van der Waals surface area contributed by atoms with Gasteiger partial charge in [0, 0.05) is 31.3 Å². The van der Waals surface area contributed by atoms with Gasteiger partial charge in [-0.25, -0.2) is 0 Å². The van der Waals surface area contributed by atoms with Gasteiger partial charge in [-0.2, -0.15) is 0 Å². The second-order valence-corrected chi connectivity index (χ2v) is 15.3. The van der Waals surface area contributed by atoms with E-state index < -0.39 is 0 Å². The van der Waals surface area contributed by atoms with Crippen molar-refractivity contribution in [3.05, 3.63) is 0 Å². The molecule has 12 atom stereocenters. The van der Waals surface area contributed by atoms with E-state index in [4.69, 9.17) is 9.47 Å². The van der Waals surface area contributed by atoms with Crippen molar-refractivity contribution < 1.29 is 14.3 Å². The molecule has 0 unspecified atom stereocenters. The molecule has 5 heteroatoms. The summed E-state index contributed by atoms with van der Waals surface area (Å²) < 4.78 is 13.5. The van der Waals surface area contributed by atoms with Gasteiger partial charge in [-0.15, -0.1) is 0 Å². The van der Waals surface area contributed by atoms with Crippen LogP contribution in [0.2, 0.25) is 0 Å². The molecular formula is C32H54N2O3. The molecule has 5 nitrogen and oxygen atoms in total. The summed E-state index contributed by atoms with van der Waals surface area (Å²) in [5.74, 6) is 5.06. The molecule has 1 amide bonds. The Kier molecular flexibility index (Phi) is 6.80. The summed E-state index contributed by atoms with van der Waals surface area (Å²) in [7, 11) is 4.08. The number of carbonyl (C=O) groups is 1. The molecule has 210 valence electrons. The van der Waals surface area contributed by atoms with Crippen molar-refractivity contribution >= 4 is 5.91 Å². The fraction of sp³-hybridized carbons (Fsp3) is 0.969. The van der Waals surface area contributed by atoms with Gasteiger partial charge < -0.3 is 19.7 Å². The molecule has 2 saturated heterocycles. The van der Waals surface area contributed by atoms with Crippen LogP contribution in [0.15, 0.2) is 0 Å². The minimum atomic E-state index is -0.300. The predicted molar refractivity (Wildman–Crippen MR) is 147 cm³/mol. The third-order valence-electron chi connectivity index (χ3n) is 13.1. The summed E-state index contributed by atoms with van der Waals surface area (Å²) in [6, 6.07) is 0.382. The predicted octanol–water partition coefficient (Wildman–Crippen LogP) is 5.87. The van der Waals surface area contributed by atoms with Crippen LogP contribution in [0, 0.1) is 52.3 Å². The number of ether oxygens (including phenoxy) is 2. The van der Waals surface area contributed by atoms with Gasteiger partial charge in [0.15, 0.2) is 5.79 Å². The zero-order valence-electron chi connectivity index (χ0n) is 24.6. The van der Waals surface area contributed by atoms with Crippen molar-refractivity contribution in [2.24, 2.45) is 52.3 Å². The summed E-state index contributed by atoms with van der Waals surface area (Å²) in [5, 5.41) is 3.41. The monoisotopic (exact) mass is 514 g/mol. The summed E-state index contributed by atoms with van der Waals surface area (Å²) in [6.45, 7) is 11.8. The van der Waals surface area contributed by atoms with E-state index >= 15 is 0 Å². The molecule has 0 radical (unpaired) electrons. The molecule has 1 N–H and O–H groups in total. The first kappa shape index (κ1) is 26.6. The van der Waals surface area contributed by atoms with Gasteiger partial charge in [-0.05, 0) is 118 Å². The van der Waals surface area contributed by atoms with Crippen LogP contribution in [0.1, 0.15) is 98.3 Å². The van der Waals surface area contributed by atoms with E-state index in [2.05, 4.69) is 37.9 Å². The lowest BCUT2D eigenvalue weighted by Crippen LogP contribution is -2.56. The Morgan fingerprint density at radius 2 is 1.73 bits per heavy atom. The van der Waals surface area contributed by atoms with Crippen LogP contribution in [0.25, 0.3) is 0 Å². The topological polar surface area (TPSA) is 50.8 Å². The van der Waals surface area contributed by atoms with Gasteiger partial charge in [0.05, 0.1) is 12.7 Å². The van der Waals surface area contributed by atoms with Crippen LogP contribution >= 0.6 is 0 Å². The highest BCUT2D eigenvalue weighted by Gasteiger charge is 2.69. The molecule has 0 aromatic rings. The number of nitrogens with one attached hydrogen (secondary N) is 1. The average molecular weight is 515 g/mol. The first-order valence-electron chi connectivity index (χ1n) is 15.8. The molecule has 6 aliphatic rings. The van der Waals surface area contributed by atoms with Crippen LogP contribution in [0.3, 0.4) is 0 Å². The smallest absolute Gasteiger partial charge is 0.221 e.